The first kappa shape index (κ1) is 18.0. The summed E-state index contributed by atoms with van der Waals surface area (Å²) in [6.45, 7) is 2.41. The molecule has 0 aliphatic carbocycles. The van der Waals surface area contributed by atoms with Crippen LogP contribution in [-0.4, -0.2) is 23.7 Å². The molecule has 1 atom stereocenters. The molecule has 2 aromatic carbocycles. The summed E-state index contributed by atoms with van der Waals surface area (Å²) < 4.78 is 10.6. The van der Waals surface area contributed by atoms with Crippen LogP contribution >= 0.6 is 0 Å². The Kier molecular flexibility index (Phi) is 4.73. The molecule has 0 fully saturated rings. The first-order chi connectivity index (χ1) is 13.6. The van der Waals surface area contributed by atoms with E-state index >= 15 is 0 Å². The number of aromatic nitrogens is 1. The van der Waals surface area contributed by atoms with E-state index in [0.29, 0.717) is 17.9 Å². The van der Waals surface area contributed by atoms with Crippen LogP contribution in [0.1, 0.15) is 28.6 Å². The van der Waals surface area contributed by atoms with E-state index in [1.54, 1.807) is 14.0 Å². The van der Waals surface area contributed by atoms with Crippen molar-refractivity contribution in [1.82, 2.24) is 5.16 Å². The first-order valence-corrected chi connectivity index (χ1v) is 9.16. The molecule has 2 heterocycles. The molecular formula is C21H21N3O4. The highest BCUT2D eigenvalue weighted by molar-refractivity contribution is 5.54. The Labute approximate surface area is 162 Å². The fraction of sp³-hybridized carbons (Fsp3) is 0.286. The molecule has 28 heavy (non-hydrogen) atoms. The van der Waals surface area contributed by atoms with Crippen LogP contribution in [0.2, 0.25) is 0 Å². The van der Waals surface area contributed by atoms with Crippen LogP contribution in [-0.2, 0) is 12.8 Å². The van der Waals surface area contributed by atoms with Gasteiger partial charge in [0, 0.05) is 18.7 Å². The number of nitro groups is 1. The quantitative estimate of drug-likeness (QED) is 0.487. The van der Waals surface area contributed by atoms with Gasteiger partial charge in [-0.05, 0) is 48.7 Å². The zero-order chi connectivity index (χ0) is 19.7. The average molecular weight is 379 g/mol. The number of methoxy groups -OCH3 is 1. The lowest BCUT2D eigenvalue weighted by molar-refractivity contribution is -0.386. The van der Waals surface area contributed by atoms with Gasteiger partial charge in [0.25, 0.3) is 0 Å². The highest BCUT2D eigenvalue weighted by Crippen LogP contribution is 2.38. The molecule has 0 amide bonds. The number of aryl methyl sites for hydroxylation is 1. The molecule has 1 aromatic heterocycles. The normalized spacial score (nSPS) is 15.9. The maximum atomic E-state index is 11.5. The highest BCUT2D eigenvalue weighted by Gasteiger charge is 2.33. The van der Waals surface area contributed by atoms with Crippen molar-refractivity contribution in [2.75, 3.05) is 18.6 Å². The second-order valence-electron chi connectivity index (χ2n) is 6.86. The second kappa shape index (κ2) is 7.34. The first-order valence-electron chi connectivity index (χ1n) is 9.16. The van der Waals surface area contributed by atoms with Crippen molar-refractivity contribution < 1.29 is 14.2 Å². The lowest BCUT2D eigenvalue weighted by Gasteiger charge is -2.38. The molecule has 4 rings (SSSR count). The number of fused-ring (bicyclic) bond motifs is 1. The number of hydrogen-bond donors (Lipinski definition) is 0. The minimum atomic E-state index is -0.409. The summed E-state index contributed by atoms with van der Waals surface area (Å²) in [6.07, 6.45) is 1.29. The number of ether oxygens (including phenoxy) is 1. The van der Waals surface area contributed by atoms with Gasteiger partial charge >= 0.3 is 5.69 Å². The molecule has 1 aliphatic heterocycles. The third kappa shape index (κ3) is 3.19. The van der Waals surface area contributed by atoms with Gasteiger partial charge in [-0.3, -0.25) is 10.1 Å². The summed E-state index contributed by atoms with van der Waals surface area (Å²) in [7, 11) is 1.64. The SMILES string of the molecule is COc1ccc(N2CCc3ccccc3C2Cc2onc(C)c2[N+](=O)[O-])cc1. The third-order valence-corrected chi connectivity index (χ3v) is 5.28. The average Bonchev–Trinajstić information content (AvgIpc) is 3.08. The Morgan fingerprint density at radius 2 is 2.00 bits per heavy atom. The number of benzene rings is 2. The van der Waals surface area contributed by atoms with E-state index in [1.165, 1.54) is 5.56 Å². The van der Waals surface area contributed by atoms with E-state index in [4.69, 9.17) is 9.26 Å². The standard InChI is InChI=1S/C21H21N3O4/c1-14-21(24(25)26)20(28-22-14)13-19-18-6-4-3-5-15(18)11-12-23(19)16-7-9-17(27-2)10-8-16/h3-10,19H,11-13H2,1-2H3. The molecule has 0 bridgehead atoms. The molecule has 0 spiro atoms. The maximum absolute atomic E-state index is 11.5. The van der Waals surface area contributed by atoms with Crippen LogP contribution in [0.3, 0.4) is 0 Å². The summed E-state index contributed by atoms with van der Waals surface area (Å²) in [6, 6.07) is 16.0. The Morgan fingerprint density at radius 3 is 2.71 bits per heavy atom. The molecule has 1 unspecified atom stereocenters. The molecule has 7 heteroatoms. The molecule has 7 nitrogen and oxygen atoms in total. The monoisotopic (exact) mass is 379 g/mol. The van der Waals surface area contributed by atoms with Gasteiger partial charge in [0.05, 0.1) is 18.1 Å². The predicted octanol–water partition coefficient (Wildman–Crippen LogP) is 4.25. The fourth-order valence-electron chi connectivity index (χ4n) is 3.91. The number of anilines is 1. The van der Waals surface area contributed by atoms with E-state index < -0.39 is 4.92 Å². The number of nitrogens with zero attached hydrogens (tertiary/aromatic N) is 3. The van der Waals surface area contributed by atoms with Crippen molar-refractivity contribution >= 4 is 11.4 Å². The van der Waals surface area contributed by atoms with Crippen molar-refractivity contribution in [2.24, 2.45) is 0 Å². The van der Waals surface area contributed by atoms with E-state index in [-0.39, 0.29) is 11.7 Å². The van der Waals surface area contributed by atoms with Crippen molar-refractivity contribution in [2.45, 2.75) is 25.8 Å². The largest absolute Gasteiger partial charge is 0.497 e. The Morgan fingerprint density at radius 1 is 1.25 bits per heavy atom. The molecular weight excluding hydrogens is 358 g/mol. The van der Waals surface area contributed by atoms with Crippen molar-refractivity contribution in [3.8, 4) is 5.75 Å². The topological polar surface area (TPSA) is 81.6 Å². The van der Waals surface area contributed by atoms with Gasteiger partial charge in [-0.25, -0.2) is 0 Å². The molecule has 144 valence electrons. The highest BCUT2D eigenvalue weighted by atomic mass is 16.6. The summed E-state index contributed by atoms with van der Waals surface area (Å²) in [5.41, 5.74) is 3.74. The lowest BCUT2D eigenvalue weighted by atomic mass is 9.89. The maximum Gasteiger partial charge on any atom is 0.334 e. The fourth-order valence-corrected chi connectivity index (χ4v) is 3.91. The number of hydrogen-bond acceptors (Lipinski definition) is 6. The Bertz CT molecular complexity index is 997. The molecule has 1 aliphatic rings. The van der Waals surface area contributed by atoms with Crippen LogP contribution in [0, 0.1) is 17.0 Å². The van der Waals surface area contributed by atoms with Crippen LogP contribution in [0.25, 0.3) is 0 Å². The van der Waals surface area contributed by atoms with Crippen LogP contribution < -0.4 is 9.64 Å². The zero-order valence-corrected chi connectivity index (χ0v) is 15.8. The van der Waals surface area contributed by atoms with E-state index in [1.807, 2.05) is 36.4 Å². The molecule has 0 saturated heterocycles. The summed E-state index contributed by atoms with van der Waals surface area (Å²) in [4.78, 5) is 13.3. The van der Waals surface area contributed by atoms with Crippen molar-refractivity contribution in [3.05, 3.63) is 81.2 Å². The summed E-state index contributed by atoms with van der Waals surface area (Å²) in [5.74, 6) is 1.10. The zero-order valence-electron chi connectivity index (χ0n) is 15.8. The van der Waals surface area contributed by atoms with Gasteiger partial charge in [0.15, 0.2) is 5.69 Å². The third-order valence-electron chi connectivity index (χ3n) is 5.28. The van der Waals surface area contributed by atoms with Crippen molar-refractivity contribution in [3.63, 3.8) is 0 Å². The van der Waals surface area contributed by atoms with Crippen LogP contribution in [0.4, 0.5) is 11.4 Å². The summed E-state index contributed by atoms with van der Waals surface area (Å²) >= 11 is 0. The van der Waals surface area contributed by atoms with Crippen LogP contribution in [0.5, 0.6) is 5.75 Å². The molecule has 0 radical (unpaired) electrons. The van der Waals surface area contributed by atoms with E-state index in [2.05, 4.69) is 22.2 Å². The Hall–Kier alpha value is -3.35. The van der Waals surface area contributed by atoms with Gasteiger partial charge in [-0.1, -0.05) is 29.4 Å². The van der Waals surface area contributed by atoms with Gasteiger partial charge in [0.2, 0.25) is 5.76 Å². The van der Waals surface area contributed by atoms with Gasteiger partial charge in [0.1, 0.15) is 5.75 Å². The Balaban J connectivity index is 1.75. The van der Waals surface area contributed by atoms with E-state index in [0.717, 1.165) is 30.0 Å². The minimum absolute atomic E-state index is 0.0299. The predicted molar refractivity (Wildman–Crippen MR) is 105 cm³/mol. The van der Waals surface area contributed by atoms with E-state index in [9.17, 15) is 10.1 Å². The van der Waals surface area contributed by atoms with Gasteiger partial charge in [-0.15, -0.1) is 0 Å². The minimum Gasteiger partial charge on any atom is -0.497 e. The van der Waals surface area contributed by atoms with Crippen LogP contribution in [0.15, 0.2) is 53.1 Å². The summed E-state index contributed by atoms with van der Waals surface area (Å²) in [5, 5.41) is 15.3. The molecule has 3 aromatic rings. The second-order valence-corrected chi connectivity index (χ2v) is 6.86. The smallest absolute Gasteiger partial charge is 0.334 e. The number of rotatable bonds is 5. The molecule has 0 N–H and O–H groups in total. The van der Waals surface area contributed by atoms with Gasteiger partial charge in [-0.2, -0.15) is 0 Å². The van der Waals surface area contributed by atoms with Gasteiger partial charge < -0.3 is 14.2 Å². The lowest BCUT2D eigenvalue weighted by Crippen LogP contribution is -2.36. The molecule has 0 saturated carbocycles. The van der Waals surface area contributed by atoms with Crippen molar-refractivity contribution in [1.29, 1.82) is 0 Å².